The number of halogens is 1. The van der Waals surface area contributed by atoms with E-state index in [0.29, 0.717) is 22.4 Å². The van der Waals surface area contributed by atoms with Gasteiger partial charge >= 0.3 is 0 Å². The van der Waals surface area contributed by atoms with Crippen LogP contribution in [-0.4, -0.2) is 50.6 Å². The lowest BCUT2D eigenvalue weighted by Gasteiger charge is -2.34. The molecule has 1 amide bonds. The topological polar surface area (TPSA) is 44.8 Å². The van der Waals surface area contributed by atoms with Crippen LogP contribution < -0.4 is 15.0 Å². The van der Waals surface area contributed by atoms with Crippen LogP contribution in [0.5, 0.6) is 5.75 Å². The number of carbonyl (C=O) groups is 1. The molecule has 1 aliphatic rings. The summed E-state index contributed by atoms with van der Waals surface area (Å²) in [7, 11) is 2.12. The van der Waals surface area contributed by atoms with Crippen molar-refractivity contribution in [2.24, 2.45) is 0 Å². The third-order valence-electron chi connectivity index (χ3n) is 5.51. The fourth-order valence-corrected chi connectivity index (χ4v) is 3.66. The number of amides is 1. The zero-order valence-corrected chi connectivity index (χ0v) is 18.2. The molecular formula is C23H30ClN3O2. The molecule has 2 aromatic carbocycles. The quantitative estimate of drug-likeness (QED) is 0.716. The second-order valence-electron chi connectivity index (χ2n) is 7.67. The van der Waals surface area contributed by atoms with Gasteiger partial charge in [-0.15, -0.1) is 0 Å². The number of benzene rings is 2. The number of nitrogens with zero attached hydrogens (tertiary/aromatic N) is 2. The van der Waals surface area contributed by atoms with E-state index in [4.69, 9.17) is 16.3 Å². The van der Waals surface area contributed by atoms with E-state index >= 15 is 0 Å². The van der Waals surface area contributed by atoms with Crippen LogP contribution in [0.25, 0.3) is 0 Å². The van der Waals surface area contributed by atoms with Gasteiger partial charge in [-0.3, -0.25) is 4.79 Å². The first-order valence-electron chi connectivity index (χ1n) is 10.2. The minimum Gasteiger partial charge on any atom is -0.484 e. The van der Waals surface area contributed by atoms with E-state index in [9.17, 15) is 4.79 Å². The Kier molecular flexibility index (Phi) is 7.40. The van der Waals surface area contributed by atoms with Crippen molar-refractivity contribution in [3.05, 3.63) is 53.1 Å². The third-order valence-corrected chi connectivity index (χ3v) is 5.81. The zero-order chi connectivity index (χ0) is 20.8. The van der Waals surface area contributed by atoms with Crippen LogP contribution in [0.2, 0.25) is 5.02 Å². The molecule has 156 valence electrons. The van der Waals surface area contributed by atoms with Gasteiger partial charge in [0.25, 0.3) is 5.91 Å². The van der Waals surface area contributed by atoms with Gasteiger partial charge in [-0.05, 0) is 55.3 Å². The number of hydrogen-bond acceptors (Lipinski definition) is 4. The second-order valence-corrected chi connectivity index (χ2v) is 8.08. The summed E-state index contributed by atoms with van der Waals surface area (Å²) >= 11 is 6.47. The highest BCUT2D eigenvalue weighted by atomic mass is 35.5. The van der Waals surface area contributed by atoms with Gasteiger partial charge < -0.3 is 19.9 Å². The molecule has 3 rings (SSSR count). The minimum atomic E-state index is -0.209. The SMILES string of the molecule is CC[C@@H](C)c1ccc(OCC(=O)Nc2ccc(N3CCN(C)CC3)c(Cl)c2)cc1. The molecule has 29 heavy (non-hydrogen) atoms. The van der Waals surface area contributed by atoms with Crippen molar-refractivity contribution in [1.82, 2.24) is 4.90 Å². The molecule has 0 radical (unpaired) electrons. The van der Waals surface area contributed by atoms with Gasteiger partial charge in [-0.25, -0.2) is 0 Å². The summed E-state index contributed by atoms with van der Waals surface area (Å²) in [5, 5.41) is 3.50. The highest BCUT2D eigenvalue weighted by Gasteiger charge is 2.17. The van der Waals surface area contributed by atoms with Crippen LogP contribution in [0.3, 0.4) is 0 Å². The van der Waals surface area contributed by atoms with Gasteiger partial charge in [0, 0.05) is 31.9 Å². The summed E-state index contributed by atoms with van der Waals surface area (Å²) < 4.78 is 5.61. The van der Waals surface area contributed by atoms with E-state index < -0.39 is 0 Å². The number of rotatable bonds is 7. The molecule has 0 saturated carbocycles. The van der Waals surface area contributed by atoms with Gasteiger partial charge in [0.15, 0.2) is 6.61 Å². The first kappa shape index (κ1) is 21.5. The Morgan fingerprint density at radius 2 is 1.83 bits per heavy atom. The standard InChI is InChI=1S/C23H30ClN3O2/c1-4-17(2)18-5-8-20(9-6-18)29-16-23(28)25-19-7-10-22(21(24)15-19)27-13-11-26(3)12-14-27/h5-10,15,17H,4,11-14,16H2,1-3H3,(H,25,28)/t17-/m1/s1. The lowest BCUT2D eigenvalue weighted by Crippen LogP contribution is -2.44. The first-order valence-corrected chi connectivity index (χ1v) is 10.6. The van der Waals surface area contributed by atoms with Crippen molar-refractivity contribution in [3.63, 3.8) is 0 Å². The maximum atomic E-state index is 12.2. The van der Waals surface area contributed by atoms with E-state index in [1.807, 2.05) is 24.3 Å². The third kappa shape index (κ3) is 5.87. The van der Waals surface area contributed by atoms with Gasteiger partial charge in [-0.1, -0.05) is 37.6 Å². The lowest BCUT2D eigenvalue weighted by molar-refractivity contribution is -0.118. The van der Waals surface area contributed by atoms with Crippen LogP contribution in [0.1, 0.15) is 31.7 Å². The molecule has 1 saturated heterocycles. The smallest absolute Gasteiger partial charge is 0.262 e. The van der Waals surface area contributed by atoms with Gasteiger partial charge in [0.05, 0.1) is 10.7 Å². The van der Waals surface area contributed by atoms with Crippen molar-refractivity contribution >= 4 is 28.9 Å². The molecule has 1 heterocycles. The van der Waals surface area contributed by atoms with Crippen molar-refractivity contribution in [3.8, 4) is 5.75 Å². The minimum absolute atomic E-state index is 0.0412. The molecule has 5 nitrogen and oxygen atoms in total. The lowest BCUT2D eigenvalue weighted by atomic mass is 9.99. The molecule has 0 bridgehead atoms. The normalized spacial score (nSPS) is 15.8. The molecule has 1 aliphatic heterocycles. The number of likely N-dealkylation sites (N-methyl/N-ethyl adjacent to an activating group) is 1. The number of nitrogens with one attached hydrogen (secondary N) is 1. The van der Waals surface area contributed by atoms with Crippen LogP contribution in [0, 0.1) is 0 Å². The van der Waals surface area contributed by atoms with Gasteiger partial charge in [0.1, 0.15) is 5.75 Å². The molecule has 1 atom stereocenters. The van der Waals surface area contributed by atoms with Crippen LogP contribution in [-0.2, 0) is 4.79 Å². The Balaban J connectivity index is 1.52. The predicted octanol–water partition coefficient (Wildman–Crippen LogP) is 4.62. The Bertz CT molecular complexity index is 817. The Hall–Kier alpha value is -2.24. The second kappa shape index (κ2) is 9.99. The van der Waals surface area contributed by atoms with Crippen LogP contribution >= 0.6 is 11.6 Å². The average Bonchev–Trinajstić information content (AvgIpc) is 2.73. The first-order chi connectivity index (χ1) is 14.0. The maximum Gasteiger partial charge on any atom is 0.262 e. The number of hydrogen-bond donors (Lipinski definition) is 1. The molecule has 0 aromatic heterocycles. The van der Waals surface area contributed by atoms with E-state index in [1.54, 1.807) is 6.07 Å². The Morgan fingerprint density at radius 3 is 2.45 bits per heavy atom. The fourth-order valence-electron chi connectivity index (χ4n) is 3.36. The molecule has 0 aliphatic carbocycles. The summed E-state index contributed by atoms with van der Waals surface area (Å²) in [5.74, 6) is 1.00. The predicted molar refractivity (Wildman–Crippen MR) is 120 cm³/mol. The zero-order valence-electron chi connectivity index (χ0n) is 17.5. The average molecular weight is 416 g/mol. The number of anilines is 2. The highest BCUT2D eigenvalue weighted by Crippen LogP contribution is 2.29. The summed E-state index contributed by atoms with van der Waals surface area (Å²) in [6, 6.07) is 13.6. The molecule has 1 N–H and O–H groups in total. The Labute approximate surface area is 178 Å². The number of piperazine rings is 1. The fraction of sp³-hybridized carbons (Fsp3) is 0.435. The van der Waals surface area contributed by atoms with Crippen molar-refractivity contribution in [2.45, 2.75) is 26.2 Å². The molecule has 1 fully saturated rings. The summed E-state index contributed by atoms with van der Waals surface area (Å²) in [6.07, 6.45) is 1.10. The number of carbonyl (C=O) groups excluding carboxylic acids is 1. The van der Waals surface area contributed by atoms with E-state index in [1.165, 1.54) is 5.56 Å². The van der Waals surface area contributed by atoms with E-state index in [0.717, 1.165) is 38.3 Å². The van der Waals surface area contributed by atoms with E-state index in [2.05, 4.69) is 48.1 Å². The van der Waals surface area contributed by atoms with Crippen molar-refractivity contribution in [2.75, 3.05) is 50.1 Å². The largest absolute Gasteiger partial charge is 0.484 e. The molecular weight excluding hydrogens is 386 g/mol. The van der Waals surface area contributed by atoms with E-state index in [-0.39, 0.29) is 12.5 Å². The summed E-state index contributed by atoms with van der Waals surface area (Å²) in [6.45, 7) is 8.26. The van der Waals surface area contributed by atoms with Crippen LogP contribution in [0.4, 0.5) is 11.4 Å². The van der Waals surface area contributed by atoms with Crippen molar-refractivity contribution in [1.29, 1.82) is 0 Å². The number of ether oxygens (including phenoxy) is 1. The van der Waals surface area contributed by atoms with Crippen LogP contribution in [0.15, 0.2) is 42.5 Å². The summed E-state index contributed by atoms with van der Waals surface area (Å²) in [5.41, 5.74) is 2.96. The van der Waals surface area contributed by atoms with Gasteiger partial charge in [-0.2, -0.15) is 0 Å². The molecule has 6 heteroatoms. The molecule has 0 unspecified atom stereocenters. The molecule has 2 aromatic rings. The Morgan fingerprint density at radius 1 is 1.14 bits per heavy atom. The van der Waals surface area contributed by atoms with Crippen molar-refractivity contribution < 1.29 is 9.53 Å². The summed E-state index contributed by atoms with van der Waals surface area (Å²) in [4.78, 5) is 16.8. The highest BCUT2D eigenvalue weighted by molar-refractivity contribution is 6.33. The maximum absolute atomic E-state index is 12.2. The molecule has 0 spiro atoms. The monoisotopic (exact) mass is 415 g/mol. The van der Waals surface area contributed by atoms with Gasteiger partial charge in [0.2, 0.25) is 0 Å².